The van der Waals surface area contributed by atoms with Crippen molar-refractivity contribution in [1.29, 1.82) is 0 Å². The van der Waals surface area contributed by atoms with Crippen molar-refractivity contribution in [1.82, 2.24) is 19.7 Å². The van der Waals surface area contributed by atoms with E-state index in [1.807, 2.05) is 41.1 Å². The van der Waals surface area contributed by atoms with Crippen LogP contribution in [0.1, 0.15) is 49.8 Å². The van der Waals surface area contributed by atoms with E-state index >= 15 is 0 Å². The first kappa shape index (κ1) is 24.7. The van der Waals surface area contributed by atoms with Gasteiger partial charge in [-0.25, -0.2) is 9.97 Å². The van der Waals surface area contributed by atoms with E-state index in [0.29, 0.717) is 34.3 Å². The summed E-state index contributed by atoms with van der Waals surface area (Å²) in [6.45, 7) is 4.63. The number of unbranched alkanes of at least 4 members (excludes halogenated alkanes) is 1. The summed E-state index contributed by atoms with van der Waals surface area (Å²) < 4.78 is 1.90. The van der Waals surface area contributed by atoms with Crippen molar-refractivity contribution in [2.24, 2.45) is 0 Å². The first-order valence-corrected chi connectivity index (χ1v) is 12.6. The molecule has 1 amide bonds. The molecule has 1 aliphatic rings. The zero-order valence-electron chi connectivity index (χ0n) is 20.6. The number of carboxylic acids is 1. The molecule has 0 saturated heterocycles. The molecule has 9 nitrogen and oxygen atoms in total. The van der Waals surface area contributed by atoms with Gasteiger partial charge in [0.25, 0.3) is 0 Å². The van der Waals surface area contributed by atoms with E-state index in [1.54, 1.807) is 13.0 Å². The molecule has 2 aromatic carbocycles. The van der Waals surface area contributed by atoms with Crippen LogP contribution in [0.15, 0.2) is 42.5 Å². The molecular formula is C27H27ClN6O3. The number of halogens is 1. The number of hydrogen-bond acceptors (Lipinski definition) is 6. The highest BCUT2D eigenvalue weighted by atomic mass is 35.5. The van der Waals surface area contributed by atoms with Crippen LogP contribution in [0.3, 0.4) is 0 Å². The molecule has 0 aliphatic carbocycles. The smallest absolute Gasteiger partial charge is 0.303 e. The fourth-order valence-electron chi connectivity index (χ4n) is 4.84. The quantitative estimate of drug-likeness (QED) is 0.304. The Bertz CT molecular complexity index is 1530. The number of carboxylic acid groups (broad SMARTS) is 1. The van der Waals surface area contributed by atoms with Crippen LogP contribution in [-0.2, 0) is 28.0 Å². The molecule has 4 aromatic rings. The van der Waals surface area contributed by atoms with Crippen LogP contribution in [0.4, 0.5) is 11.6 Å². The molecule has 0 saturated carbocycles. The third-order valence-electron chi connectivity index (χ3n) is 6.93. The molecule has 0 bridgehead atoms. The zero-order chi connectivity index (χ0) is 26.3. The maximum atomic E-state index is 13.3. The number of carbonyl (C=O) groups excluding carboxylic acids is 1. The van der Waals surface area contributed by atoms with E-state index in [4.69, 9.17) is 32.5 Å². The number of rotatable bonds is 8. The molecule has 0 unspecified atom stereocenters. The lowest BCUT2D eigenvalue weighted by atomic mass is 9.77. The van der Waals surface area contributed by atoms with Crippen molar-refractivity contribution in [3.63, 3.8) is 0 Å². The van der Waals surface area contributed by atoms with Crippen LogP contribution < -0.4 is 11.1 Å². The minimum absolute atomic E-state index is 0.0403. The number of benzene rings is 2. The van der Waals surface area contributed by atoms with Gasteiger partial charge in [-0.3, -0.25) is 14.3 Å². The highest BCUT2D eigenvalue weighted by Gasteiger charge is 2.47. The third-order valence-corrected chi connectivity index (χ3v) is 7.17. The van der Waals surface area contributed by atoms with E-state index in [9.17, 15) is 9.59 Å². The maximum absolute atomic E-state index is 13.3. The number of carbonyl (C=O) groups is 2. The summed E-state index contributed by atoms with van der Waals surface area (Å²) in [6, 6.07) is 12.9. The number of aryl methyl sites for hydroxylation is 2. The summed E-state index contributed by atoms with van der Waals surface area (Å²) in [5.41, 5.74) is 8.95. The second kappa shape index (κ2) is 9.48. The van der Waals surface area contributed by atoms with Gasteiger partial charge in [-0.15, -0.1) is 0 Å². The number of nitrogens with one attached hydrogen (secondary N) is 1. The number of nitrogen functional groups attached to an aromatic ring is 1. The zero-order valence-corrected chi connectivity index (χ0v) is 21.3. The Labute approximate surface area is 218 Å². The first-order valence-electron chi connectivity index (χ1n) is 12.2. The molecule has 2 aromatic heterocycles. The standard InChI is InChI=1S/C27H27ClN6O3/c1-3-4-13-34-19-14-17(28)10-11-18(19)22(33-34)25-30-23(29)21-24(31-25)32-26(37)27(21,2)16-8-5-15(6-9-16)7-12-20(35)36/h5-6,8-11,14H,3-4,7,12-13H2,1-2H3,(H,35,36)(H3,29,30,31,32,37)/t27-/m1/s1. The lowest BCUT2D eigenvalue weighted by molar-refractivity contribution is -0.137. The fourth-order valence-corrected chi connectivity index (χ4v) is 5.00. The Balaban J connectivity index is 1.56. The van der Waals surface area contributed by atoms with Gasteiger partial charge in [0, 0.05) is 23.4 Å². The summed E-state index contributed by atoms with van der Waals surface area (Å²) in [7, 11) is 0. The third kappa shape index (κ3) is 4.29. The second-order valence-corrected chi connectivity index (χ2v) is 9.85. The number of amides is 1. The SMILES string of the molecule is CCCCn1nc(-c2nc(N)c3c(n2)NC(=O)[C@]3(C)c2ccc(CCC(=O)O)cc2)c2ccc(Cl)cc21. The Morgan fingerprint density at radius 2 is 1.95 bits per heavy atom. The van der Waals surface area contributed by atoms with Crippen molar-refractivity contribution in [3.05, 3.63) is 64.2 Å². The van der Waals surface area contributed by atoms with Gasteiger partial charge in [-0.1, -0.05) is 49.2 Å². The van der Waals surface area contributed by atoms with Crippen molar-refractivity contribution < 1.29 is 14.7 Å². The molecule has 10 heteroatoms. The Morgan fingerprint density at radius 3 is 2.65 bits per heavy atom. The maximum Gasteiger partial charge on any atom is 0.303 e. The molecule has 1 aliphatic heterocycles. The number of aromatic nitrogens is 4. The molecule has 190 valence electrons. The van der Waals surface area contributed by atoms with E-state index < -0.39 is 11.4 Å². The molecule has 0 spiro atoms. The lowest BCUT2D eigenvalue weighted by Gasteiger charge is -2.23. The first-order chi connectivity index (χ1) is 17.7. The highest BCUT2D eigenvalue weighted by molar-refractivity contribution is 6.31. The lowest BCUT2D eigenvalue weighted by Crippen LogP contribution is -2.33. The number of aliphatic carboxylic acids is 1. The van der Waals surface area contributed by atoms with Crippen LogP contribution in [0.25, 0.3) is 22.4 Å². The highest BCUT2D eigenvalue weighted by Crippen LogP contribution is 2.45. The monoisotopic (exact) mass is 518 g/mol. The van der Waals surface area contributed by atoms with Gasteiger partial charge in [0.2, 0.25) is 5.91 Å². The molecule has 5 rings (SSSR count). The number of anilines is 2. The van der Waals surface area contributed by atoms with Crippen molar-refractivity contribution in [2.75, 3.05) is 11.1 Å². The van der Waals surface area contributed by atoms with Gasteiger partial charge < -0.3 is 16.2 Å². The van der Waals surface area contributed by atoms with Crippen molar-refractivity contribution in [3.8, 4) is 11.5 Å². The van der Waals surface area contributed by atoms with Crippen molar-refractivity contribution in [2.45, 2.75) is 51.5 Å². The summed E-state index contributed by atoms with van der Waals surface area (Å²) in [5.74, 6) is -0.237. The molecule has 1 atom stereocenters. The average Bonchev–Trinajstić information content (AvgIpc) is 3.36. The minimum atomic E-state index is -1.10. The molecular weight excluding hydrogens is 492 g/mol. The topological polar surface area (TPSA) is 136 Å². The molecule has 37 heavy (non-hydrogen) atoms. The van der Waals surface area contributed by atoms with Crippen LogP contribution in [0, 0.1) is 0 Å². The molecule has 4 N–H and O–H groups in total. The van der Waals surface area contributed by atoms with Crippen LogP contribution >= 0.6 is 11.6 Å². The molecule has 3 heterocycles. The second-order valence-electron chi connectivity index (χ2n) is 9.41. The van der Waals surface area contributed by atoms with Gasteiger partial charge >= 0.3 is 5.97 Å². The summed E-state index contributed by atoms with van der Waals surface area (Å²) >= 11 is 6.26. The minimum Gasteiger partial charge on any atom is -0.481 e. The Hall–Kier alpha value is -3.98. The van der Waals surface area contributed by atoms with E-state index in [0.717, 1.165) is 41.4 Å². The molecule has 0 radical (unpaired) electrons. The van der Waals surface area contributed by atoms with Crippen LogP contribution in [0.5, 0.6) is 0 Å². The summed E-state index contributed by atoms with van der Waals surface area (Å²) in [6.07, 6.45) is 2.43. The van der Waals surface area contributed by atoms with Crippen molar-refractivity contribution >= 4 is 46.0 Å². The number of hydrogen-bond donors (Lipinski definition) is 3. The number of nitrogens with two attached hydrogens (primary N) is 1. The van der Waals surface area contributed by atoms with Gasteiger partial charge in [-0.05, 0) is 49.1 Å². The van der Waals surface area contributed by atoms with E-state index in [2.05, 4.69) is 17.2 Å². The van der Waals surface area contributed by atoms with E-state index in [1.165, 1.54) is 0 Å². The van der Waals surface area contributed by atoms with Gasteiger partial charge in [0.15, 0.2) is 5.82 Å². The normalized spacial score (nSPS) is 16.7. The largest absolute Gasteiger partial charge is 0.481 e. The van der Waals surface area contributed by atoms with Gasteiger partial charge in [0.05, 0.1) is 11.1 Å². The van der Waals surface area contributed by atoms with E-state index in [-0.39, 0.29) is 18.1 Å². The predicted molar refractivity (Wildman–Crippen MR) is 143 cm³/mol. The number of nitrogens with zero attached hydrogens (tertiary/aromatic N) is 4. The predicted octanol–water partition coefficient (Wildman–Crippen LogP) is 4.80. The Morgan fingerprint density at radius 1 is 1.19 bits per heavy atom. The summed E-state index contributed by atoms with van der Waals surface area (Å²) in [4.78, 5) is 33.5. The number of fused-ring (bicyclic) bond motifs is 2. The molecule has 0 fully saturated rings. The van der Waals surface area contributed by atoms with Gasteiger partial charge in [-0.2, -0.15) is 5.10 Å². The van der Waals surface area contributed by atoms with Gasteiger partial charge in [0.1, 0.15) is 22.7 Å². The average molecular weight is 519 g/mol. The van der Waals surface area contributed by atoms with Crippen LogP contribution in [0.2, 0.25) is 5.02 Å². The summed E-state index contributed by atoms with van der Waals surface area (Å²) in [5, 5.41) is 18.1. The Kier molecular flexibility index (Phi) is 6.33. The van der Waals surface area contributed by atoms with Crippen LogP contribution in [-0.4, -0.2) is 36.7 Å². The fraction of sp³-hybridized carbons (Fsp3) is 0.296.